The first-order chi connectivity index (χ1) is 6.24. The van der Waals surface area contributed by atoms with E-state index in [1.54, 1.807) is 0 Å². The van der Waals surface area contributed by atoms with E-state index in [4.69, 9.17) is 0 Å². The van der Waals surface area contributed by atoms with Gasteiger partial charge in [-0.25, -0.2) is 0 Å². The molecular weight excluding hydrogens is 170 g/mol. The van der Waals surface area contributed by atoms with Gasteiger partial charge in [-0.15, -0.1) is 0 Å². The molecule has 0 radical (unpaired) electrons. The highest BCUT2D eigenvalue weighted by Crippen LogP contribution is 2.32. The second-order valence-electron chi connectivity index (χ2n) is 5.44. The molecule has 0 heterocycles. The molecule has 0 aromatic rings. The Morgan fingerprint density at radius 2 is 1.21 bits per heavy atom. The largest absolute Gasteiger partial charge is 0.302 e. The number of hydrogen-bond donors (Lipinski definition) is 1. The Labute approximate surface area is 88.3 Å². The number of rotatable bonds is 1. The van der Waals surface area contributed by atoms with Crippen molar-refractivity contribution in [3.63, 3.8) is 0 Å². The molecule has 0 amide bonds. The van der Waals surface area contributed by atoms with Gasteiger partial charge in [0.2, 0.25) is 0 Å². The lowest BCUT2D eigenvalue weighted by molar-refractivity contribution is 0.405. The fourth-order valence-corrected chi connectivity index (χ4v) is 2.00. The molecule has 0 aromatic heterocycles. The summed E-state index contributed by atoms with van der Waals surface area (Å²) in [6.07, 6.45) is 0. The predicted octanol–water partition coefficient (Wildman–Crippen LogP) is 3.43. The molecule has 0 fully saturated rings. The molecule has 0 saturated carbocycles. The van der Waals surface area contributed by atoms with Gasteiger partial charge in [0.05, 0.1) is 6.04 Å². The van der Waals surface area contributed by atoms with Gasteiger partial charge in [-0.05, 0) is 70.8 Å². The zero-order chi connectivity index (χ0) is 11.1. The van der Waals surface area contributed by atoms with E-state index >= 15 is 0 Å². The first-order valence-corrected chi connectivity index (χ1v) is 5.37. The molecule has 14 heavy (non-hydrogen) atoms. The molecule has 1 rings (SSSR count). The van der Waals surface area contributed by atoms with Crippen LogP contribution in [0.2, 0.25) is 0 Å². The Bertz CT molecular complexity index is 276. The van der Waals surface area contributed by atoms with Crippen molar-refractivity contribution in [2.24, 2.45) is 0 Å². The van der Waals surface area contributed by atoms with Gasteiger partial charge >= 0.3 is 0 Å². The highest BCUT2D eigenvalue weighted by atomic mass is 15.0. The molecular formula is C13H23N. The van der Waals surface area contributed by atoms with E-state index in [9.17, 15) is 0 Å². The fourth-order valence-electron chi connectivity index (χ4n) is 2.00. The van der Waals surface area contributed by atoms with Gasteiger partial charge in [-0.2, -0.15) is 0 Å². The summed E-state index contributed by atoms with van der Waals surface area (Å²) >= 11 is 0. The molecule has 1 N–H and O–H groups in total. The Hall–Kier alpha value is -0.560. The summed E-state index contributed by atoms with van der Waals surface area (Å²) in [5, 5.41) is 3.66. The molecule has 0 unspecified atom stereocenters. The number of allylic oxidation sites excluding steroid dienone is 2. The lowest BCUT2D eigenvalue weighted by Gasteiger charge is -2.28. The van der Waals surface area contributed by atoms with E-state index < -0.39 is 0 Å². The van der Waals surface area contributed by atoms with E-state index in [1.807, 2.05) is 0 Å². The van der Waals surface area contributed by atoms with E-state index in [0.717, 1.165) is 0 Å². The summed E-state index contributed by atoms with van der Waals surface area (Å²) in [4.78, 5) is 0. The van der Waals surface area contributed by atoms with Crippen LogP contribution in [0.1, 0.15) is 48.5 Å². The molecule has 80 valence electrons. The van der Waals surface area contributed by atoms with Crippen molar-refractivity contribution >= 4 is 0 Å². The standard InChI is InChI=1S/C13H23N/c1-8-9(2)11(4)12(10(8)3)14-13(5,6)7/h12,14H,1-7H3. The zero-order valence-electron chi connectivity index (χ0n) is 10.6. The van der Waals surface area contributed by atoms with Gasteiger partial charge in [-0.3, -0.25) is 0 Å². The van der Waals surface area contributed by atoms with Crippen LogP contribution >= 0.6 is 0 Å². The average molecular weight is 193 g/mol. The second kappa shape index (κ2) is 3.54. The van der Waals surface area contributed by atoms with E-state index in [-0.39, 0.29) is 5.54 Å². The monoisotopic (exact) mass is 193 g/mol. The minimum atomic E-state index is 0.179. The van der Waals surface area contributed by atoms with Crippen molar-refractivity contribution < 1.29 is 0 Å². The summed E-state index contributed by atoms with van der Waals surface area (Å²) in [5.41, 5.74) is 6.07. The number of nitrogens with one attached hydrogen (secondary N) is 1. The predicted molar refractivity (Wildman–Crippen MR) is 63.4 cm³/mol. The van der Waals surface area contributed by atoms with Crippen molar-refractivity contribution in [3.05, 3.63) is 22.3 Å². The van der Waals surface area contributed by atoms with E-state index in [2.05, 4.69) is 53.8 Å². The van der Waals surface area contributed by atoms with Crippen LogP contribution < -0.4 is 5.32 Å². The average Bonchev–Trinajstić information content (AvgIpc) is 2.20. The SMILES string of the molecule is CC1=C(C)C(NC(C)(C)C)C(C)=C1C. The quantitative estimate of drug-likeness (QED) is 0.672. The van der Waals surface area contributed by atoms with Crippen molar-refractivity contribution in [2.75, 3.05) is 0 Å². The van der Waals surface area contributed by atoms with E-state index in [0.29, 0.717) is 6.04 Å². The van der Waals surface area contributed by atoms with Crippen LogP contribution in [0, 0.1) is 0 Å². The van der Waals surface area contributed by atoms with Crippen molar-refractivity contribution in [3.8, 4) is 0 Å². The first kappa shape index (κ1) is 11.5. The van der Waals surface area contributed by atoms with E-state index in [1.165, 1.54) is 22.3 Å². The highest BCUT2D eigenvalue weighted by Gasteiger charge is 2.27. The topological polar surface area (TPSA) is 12.0 Å². The third kappa shape index (κ3) is 2.09. The van der Waals surface area contributed by atoms with Crippen LogP contribution in [-0.2, 0) is 0 Å². The summed E-state index contributed by atoms with van der Waals surface area (Å²) in [7, 11) is 0. The third-order valence-corrected chi connectivity index (χ3v) is 3.19. The molecule has 1 aliphatic carbocycles. The van der Waals surface area contributed by atoms with Crippen LogP contribution in [-0.4, -0.2) is 11.6 Å². The first-order valence-electron chi connectivity index (χ1n) is 5.37. The van der Waals surface area contributed by atoms with Crippen molar-refractivity contribution in [1.29, 1.82) is 0 Å². The summed E-state index contributed by atoms with van der Waals surface area (Å²) in [5.74, 6) is 0. The molecule has 0 atom stereocenters. The van der Waals surface area contributed by atoms with Gasteiger partial charge in [0.15, 0.2) is 0 Å². The Morgan fingerprint density at radius 1 is 0.857 bits per heavy atom. The third-order valence-electron chi connectivity index (χ3n) is 3.19. The van der Waals surface area contributed by atoms with Gasteiger partial charge in [0.25, 0.3) is 0 Å². The Kier molecular flexibility index (Phi) is 2.91. The van der Waals surface area contributed by atoms with Crippen LogP contribution in [0.25, 0.3) is 0 Å². The maximum Gasteiger partial charge on any atom is 0.0505 e. The van der Waals surface area contributed by atoms with Gasteiger partial charge in [0.1, 0.15) is 0 Å². The lowest BCUT2D eigenvalue weighted by atomic mass is 10.0. The summed E-state index contributed by atoms with van der Waals surface area (Å²) in [6, 6.07) is 0.454. The summed E-state index contributed by atoms with van der Waals surface area (Å²) in [6.45, 7) is 15.6. The Balaban J connectivity index is 2.93. The number of hydrogen-bond acceptors (Lipinski definition) is 1. The molecule has 0 bridgehead atoms. The lowest BCUT2D eigenvalue weighted by Crippen LogP contribution is -2.44. The Morgan fingerprint density at radius 3 is 1.50 bits per heavy atom. The molecule has 0 spiro atoms. The van der Waals surface area contributed by atoms with Crippen LogP contribution in [0.5, 0.6) is 0 Å². The molecule has 1 aliphatic rings. The van der Waals surface area contributed by atoms with Crippen molar-refractivity contribution in [2.45, 2.75) is 60.0 Å². The second-order valence-corrected chi connectivity index (χ2v) is 5.44. The molecule has 0 aromatic carbocycles. The fraction of sp³-hybridized carbons (Fsp3) is 0.692. The molecule has 0 aliphatic heterocycles. The minimum absolute atomic E-state index is 0.179. The van der Waals surface area contributed by atoms with Crippen LogP contribution in [0.4, 0.5) is 0 Å². The molecule has 1 heteroatoms. The normalized spacial score (nSPS) is 19.9. The minimum Gasteiger partial charge on any atom is -0.302 e. The zero-order valence-corrected chi connectivity index (χ0v) is 10.6. The molecule has 1 nitrogen and oxygen atoms in total. The summed E-state index contributed by atoms with van der Waals surface area (Å²) < 4.78 is 0. The van der Waals surface area contributed by atoms with Crippen molar-refractivity contribution in [1.82, 2.24) is 5.32 Å². The van der Waals surface area contributed by atoms with Gasteiger partial charge in [-0.1, -0.05) is 0 Å². The van der Waals surface area contributed by atoms with Gasteiger partial charge in [0, 0.05) is 5.54 Å². The van der Waals surface area contributed by atoms with Crippen LogP contribution in [0.15, 0.2) is 22.3 Å². The maximum absolute atomic E-state index is 3.66. The highest BCUT2D eigenvalue weighted by molar-refractivity contribution is 5.49. The maximum atomic E-state index is 3.66. The smallest absolute Gasteiger partial charge is 0.0505 e. The molecule has 0 saturated heterocycles. The van der Waals surface area contributed by atoms with Crippen LogP contribution in [0.3, 0.4) is 0 Å². The van der Waals surface area contributed by atoms with Gasteiger partial charge < -0.3 is 5.32 Å².